The van der Waals surface area contributed by atoms with Crippen molar-refractivity contribution in [3.63, 3.8) is 0 Å². The number of hydrogen-bond donors (Lipinski definition) is 2. The number of benzene rings is 4. The van der Waals surface area contributed by atoms with Gasteiger partial charge in [0.25, 0.3) is 0 Å². The summed E-state index contributed by atoms with van der Waals surface area (Å²) >= 11 is 0. The Bertz CT molecular complexity index is 2210. The molecule has 12 heteroatoms. The molecular formula is C37H28N2O8S2. The fourth-order valence-electron chi connectivity index (χ4n) is 6.77. The summed E-state index contributed by atoms with van der Waals surface area (Å²) in [5.41, 5.74) is 1.16. The molecule has 3 aliphatic rings. The highest BCUT2D eigenvalue weighted by Crippen LogP contribution is 2.47. The van der Waals surface area contributed by atoms with E-state index in [1.807, 2.05) is 24.3 Å². The quantitative estimate of drug-likeness (QED) is 0.198. The van der Waals surface area contributed by atoms with Crippen LogP contribution in [0.2, 0.25) is 0 Å². The van der Waals surface area contributed by atoms with E-state index in [1.54, 1.807) is 48.5 Å². The first kappa shape index (κ1) is 32.1. The van der Waals surface area contributed by atoms with Crippen molar-refractivity contribution in [1.29, 1.82) is 10.8 Å². The van der Waals surface area contributed by atoms with Crippen LogP contribution in [-0.2, 0) is 25.7 Å². The third-order valence-corrected chi connectivity index (χ3v) is 11.7. The Morgan fingerprint density at radius 3 is 1.22 bits per heavy atom. The summed E-state index contributed by atoms with van der Waals surface area (Å²) in [5, 5.41) is 16.0. The van der Waals surface area contributed by atoms with Crippen LogP contribution in [0.5, 0.6) is 11.5 Å². The van der Waals surface area contributed by atoms with Crippen molar-refractivity contribution < 1.29 is 34.8 Å². The minimum Gasteiger partial charge on any atom is -0.379 e. The highest BCUT2D eigenvalue weighted by molar-refractivity contribution is 7.97. The van der Waals surface area contributed by atoms with E-state index in [2.05, 4.69) is 0 Å². The summed E-state index contributed by atoms with van der Waals surface area (Å²) < 4.78 is 64.3. The zero-order valence-electron chi connectivity index (χ0n) is 25.8. The molecule has 1 fully saturated rings. The molecule has 1 saturated carbocycles. The van der Waals surface area contributed by atoms with Gasteiger partial charge < -0.3 is 8.37 Å². The second-order valence-corrected chi connectivity index (χ2v) is 15.0. The number of hydrogen-bond acceptors (Lipinski definition) is 10. The van der Waals surface area contributed by atoms with Gasteiger partial charge >= 0.3 is 20.2 Å². The maximum atomic E-state index is 13.3. The number of rotatable bonds is 8. The fraction of sp³-hybridized carbons (Fsp3) is 0.135. The van der Waals surface area contributed by atoms with E-state index >= 15 is 0 Å². The predicted molar refractivity (Wildman–Crippen MR) is 184 cm³/mol. The molecular weight excluding hydrogens is 665 g/mol. The predicted octanol–water partition coefficient (Wildman–Crippen LogP) is 6.48. The van der Waals surface area contributed by atoms with Crippen molar-refractivity contribution in [2.24, 2.45) is 0 Å². The topological polar surface area (TPSA) is 169 Å². The molecule has 4 aromatic carbocycles. The number of ketones is 2. The van der Waals surface area contributed by atoms with Crippen molar-refractivity contribution >= 4 is 53.0 Å². The number of Topliss-reactive ketones (excluding diaryl/α,β-unsaturated/α-hetero) is 2. The van der Waals surface area contributed by atoms with Crippen LogP contribution >= 0.6 is 0 Å². The highest BCUT2D eigenvalue weighted by Gasteiger charge is 2.38. The average molecular weight is 693 g/mol. The van der Waals surface area contributed by atoms with E-state index in [0.29, 0.717) is 0 Å². The van der Waals surface area contributed by atoms with Gasteiger partial charge in [-0.1, -0.05) is 85.6 Å². The number of allylic oxidation sites excluding steroid dienone is 2. The lowest BCUT2D eigenvalue weighted by atomic mass is 9.73. The Morgan fingerprint density at radius 1 is 0.510 bits per heavy atom. The van der Waals surface area contributed by atoms with E-state index in [0.717, 1.165) is 49.0 Å². The van der Waals surface area contributed by atoms with Gasteiger partial charge in [0.15, 0.2) is 0 Å². The molecule has 10 nitrogen and oxygen atoms in total. The van der Waals surface area contributed by atoms with Crippen LogP contribution in [0.3, 0.4) is 0 Å². The first-order valence-corrected chi connectivity index (χ1v) is 18.2. The van der Waals surface area contributed by atoms with Crippen molar-refractivity contribution in [3.05, 3.63) is 143 Å². The van der Waals surface area contributed by atoms with Crippen LogP contribution in [0.4, 0.5) is 0 Å². The minimum absolute atomic E-state index is 0.0704. The van der Waals surface area contributed by atoms with Gasteiger partial charge in [-0.2, -0.15) is 16.8 Å². The van der Waals surface area contributed by atoms with Crippen LogP contribution < -0.4 is 8.37 Å². The van der Waals surface area contributed by atoms with Gasteiger partial charge in [0, 0.05) is 27.7 Å². The van der Waals surface area contributed by atoms with Crippen molar-refractivity contribution in [1.82, 2.24) is 0 Å². The van der Waals surface area contributed by atoms with E-state index in [1.165, 1.54) is 24.3 Å². The molecule has 246 valence electrons. The maximum Gasteiger partial charge on any atom is 0.339 e. The molecule has 0 aromatic heterocycles. The molecule has 0 atom stereocenters. The van der Waals surface area contributed by atoms with Crippen LogP contribution in [-0.4, -0.2) is 39.8 Å². The molecule has 0 amide bonds. The Morgan fingerprint density at radius 2 is 0.857 bits per heavy atom. The first-order valence-electron chi connectivity index (χ1n) is 15.4. The lowest BCUT2D eigenvalue weighted by Crippen LogP contribution is -2.24. The Labute approximate surface area is 283 Å². The summed E-state index contributed by atoms with van der Waals surface area (Å²) in [7, 11) is -8.77. The Kier molecular flexibility index (Phi) is 7.80. The van der Waals surface area contributed by atoms with E-state index in [-0.39, 0.29) is 43.6 Å². The zero-order valence-corrected chi connectivity index (χ0v) is 27.4. The van der Waals surface area contributed by atoms with Crippen molar-refractivity contribution in [2.45, 2.75) is 31.1 Å². The summed E-state index contributed by atoms with van der Waals surface area (Å²) in [4.78, 5) is 24.3. The molecule has 4 aromatic rings. The molecule has 0 unspecified atom stereocenters. The summed E-state index contributed by atoms with van der Waals surface area (Å²) in [6.45, 7) is 0. The molecule has 3 aliphatic carbocycles. The van der Waals surface area contributed by atoms with Crippen LogP contribution in [0.15, 0.2) is 109 Å². The molecule has 7 rings (SSSR count). The van der Waals surface area contributed by atoms with E-state index < -0.39 is 48.6 Å². The average Bonchev–Trinajstić information content (AvgIpc) is 3.59. The Balaban J connectivity index is 1.12. The van der Waals surface area contributed by atoms with E-state index in [4.69, 9.17) is 19.2 Å². The Hall–Kier alpha value is -5.46. The highest BCUT2D eigenvalue weighted by atomic mass is 32.2. The lowest BCUT2D eigenvalue weighted by Gasteiger charge is -2.31. The monoisotopic (exact) mass is 692 g/mol. The molecule has 0 heterocycles. The normalized spacial score (nSPS) is 17.1. The summed E-state index contributed by atoms with van der Waals surface area (Å²) in [6.07, 6.45) is 5.55. The molecule has 0 aliphatic heterocycles. The maximum absolute atomic E-state index is 13.3. The van der Waals surface area contributed by atoms with Crippen LogP contribution in [0.1, 0.15) is 68.7 Å². The SMILES string of the molecule is N=C1C=C(S(=O)(=O)Oc2ccc(C3(c4ccc(OS(=O)(=O)C5=CC(=N)C(=O)c6ccccc65)cc4)CCCC3)cc2)c2ccccc2C1=O. The number of carbonyl (C=O) groups excluding carboxylic acids is 2. The van der Waals surface area contributed by atoms with Crippen LogP contribution in [0.25, 0.3) is 9.81 Å². The molecule has 0 saturated heterocycles. The molecule has 2 N–H and O–H groups in total. The van der Waals surface area contributed by atoms with Gasteiger partial charge in [-0.3, -0.25) is 20.4 Å². The second-order valence-electron chi connectivity index (χ2n) is 12.0. The second kappa shape index (κ2) is 11.9. The standard InChI is InChI=1S/C37H28N2O8S2/c38-31-21-33(27-7-1-3-9-29(27)35(31)40)48(42,43)46-25-15-11-23(12-16-25)37(19-5-6-20-37)24-13-17-26(18-14-24)47-49(44,45)34-22-32(39)36(41)30-10-4-2-8-28(30)34/h1-4,7-18,21-22,38-39H,5-6,19-20H2. The van der Waals surface area contributed by atoms with Gasteiger partial charge in [0.1, 0.15) is 32.7 Å². The van der Waals surface area contributed by atoms with Crippen LogP contribution in [0, 0.1) is 10.8 Å². The lowest BCUT2D eigenvalue weighted by molar-refractivity contribution is 0.105. The smallest absolute Gasteiger partial charge is 0.339 e. The van der Waals surface area contributed by atoms with Gasteiger partial charge in [0.2, 0.25) is 11.6 Å². The van der Waals surface area contributed by atoms with Gasteiger partial charge in [-0.25, -0.2) is 0 Å². The van der Waals surface area contributed by atoms with E-state index in [9.17, 15) is 26.4 Å². The first-order chi connectivity index (χ1) is 23.4. The molecule has 49 heavy (non-hydrogen) atoms. The third kappa shape index (κ3) is 5.62. The fourth-order valence-corrected chi connectivity index (χ4v) is 9.10. The third-order valence-electron chi connectivity index (χ3n) is 9.14. The zero-order chi connectivity index (χ0) is 34.6. The number of nitrogens with one attached hydrogen (secondary N) is 2. The molecule has 0 radical (unpaired) electrons. The molecule has 0 bridgehead atoms. The van der Waals surface area contributed by atoms with Gasteiger partial charge in [0.05, 0.1) is 0 Å². The van der Waals surface area contributed by atoms with Gasteiger partial charge in [-0.05, 0) is 60.4 Å². The van der Waals surface area contributed by atoms with Crippen molar-refractivity contribution in [3.8, 4) is 11.5 Å². The minimum atomic E-state index is -4.38. The number of carbonyl (C=O) groups is 2. The summed E-state index contributed by atoms with van der Waals surface area (Å²) in [6, 6.07) is 25.9. The van der Waals surface area contributed by atoms with Crippen molar-refractivity contribution in [2.75, 3.05) is 0 Å². The molecule has 0 spiro atoms. The largest absolute Gasteiger partial charge is 0.379 e. The van der Waals surface area contributed by atoms with Gasteiger partial charge in [-0.15, -0.1) is 0 Å². The number of fused-ring (bicyclic) bond motifs is 2. The summed E-state index contributed by atoms with van der Waals surface area (Å²) in [5.74, 6) is -0.982.